The van der Waals surface area contributed by atoms with Crippen molar-refractivity contribution in [3.8, 4) is 0 Å². The van der Waals surface area contributed by atoms with Gasteiger partial charge in [-0.25, -0.2) is 9.59 Å². The molecule has 4 rings (SSSR count). The molecule has 1 spiro atoms. The zero-order chi connectivity index (χ0) is 33.3. The van der Waals surface area contributed by atoms with Crippen molar-refractivity contribution in [2.45, 2.75) is 111 Å². The maximum absolute atomic E-state index is 13.4. The smallest absolute Gasteiger partial charge is 0.333 e. The fourth-order valence-corrected chi connectivity index (χ4v) is 7.84. The van der Waals surface area contributed by atoms with Gasteiger partial charge in [-0.3, -0.25) is 14.4 Å². The molecule has 0 aromatic carbocycles. The fourth-order valence-electron chi connectivity index (χ4n) is 7.84. The van der Waals surface area contributed by atoms with Crippen LogP contribution in [0.4, 0.5) is 0 Å². The van der Waals surface area contributed by atoms with E-state index in [0.717, 1.165) is 0 Å². The highest BCUT2D eigenvalue weighted by atomic mass is 16.6. The van der Waals surface area contributed by atoms with Gasteiger partial charge in [-0.1, -0.05) is 33.8 Å². The second-order valence-corrected chi connectivity index (χ2v) is 13.5. The summed E-state index contributed by atoms with van der Waals surface area (Å²) in [4.78, 5) is 63.6. The molecule has 0 radical (unpaired) electrons. The first-order chi connectivity index (χ1) is 21.1. The Labute approximate surface area is 265 Å². The van der Waals surface area contributed by atoms with Crippen LogP contribution in [0.5, 0.6) is 0 Å². The Morgan fingerprint density at radius 1 is 1.13 bits per heavy atom. The molecular formula is C34H48O11. The van der Waals surface area contributed by atoms with E-state index in [-0.39, 0.29) is 37.4 Å². The van der Waals surface area contributed by atoms with Crippen LogP contribution in [0.1, 0.15) is 87.5 Å². The topological polar surface area (TPSA) is 144 Å². The molecule has 0 N–H and O–H groups in total. The highest BCUT2D eigenvalue weighted by Gasteiger charge is 2.77. The molecule has 3 fully saturated rings. The summed E-state index contributed by atoms with van der Waals surface area (Å²) >= 11 is 0. The molecule has 4 aliphatic rings. The third-order valence-corrected chi connectivity index (χ3v) is 10.9. The molecule has 1 saturated heterocycles. The molecule has 11 heteroatoms. The average Bonchev–Trinajstić information content (AvgIpc) is 3.64. The predicted octanol–water partition coefficient (Wildman–Crippen LogP) is 4.40. The zero-order valence-corrected chi connectivity index (χ0v) is 27.8. The monoisotopic (exact) mass is 632 g/mol. The number of ether oxygens (including phenoxy) is 6. The van der Waals surface area contributed by atoms with Crippen LogP contribution in [0.15, 0.2) is 23.3 Å². The summed E-state index contributed by atoms with van der Waals surface area (Å²) < 4.78 is 35.7. The van der Waals surface area contributed by atoms with Gasteiger partial charge in [-0.2, -0.15) is 0 Å². The largest absolute Gasteiger partial charge is 0.465 e. The van der Waals surface area contributed by atoms with Crippen LogP contribution >= 0.6 is 0 Å². The molecule has 250 valence electrons. The Morgan fingerprint density at radius 2 is 1.82 bits per heavy atom. The number of carbonyl (C=O) groups is 5. The number of hydrogen-bond acceptors (Lipinski definition) is 11. The second-order valence-electron chi connectivity index (χ2n) is 13.5. The van der Waals surface area contributed by atoms with Gasteiger partial charge in [-0.05, 0) is 57.3 Å². The maximum Gasteiger partial charge on any atom is 0.333 e. The van der Waals surface area contributed by atoms with Crippen molar-refractivity contribution in [2.75, 3.05) is 19.8 Å². The second kappa shape index (κ2) is 13.3. The molecule has 2 heterocycles. The van der Waals surface area contributed by atoms with Gasteiger partial charge >= 0.3 is 29.8 Å². The first kappa shape index (κ1) is 34.7. The quantitative estimate of drug-likeness (QED) is 0.138. The van der Waals surface area contributed by atoms with Crippen LogP contribution in [0.2, 0.25) is 0 Å². The van der Waals surface area contributed by atoms with Crippen molar-refractivity contribution in [1.82, 2.24) is 0 Å². The number of esters is 5. The van der Waals surface area contributed by atoms with Crippen LogP contribution in [-0.2, 0) is 52.4 Å². The van der Waals surface area contributed by atoms with E-state index in [0.29, 0.717) is 43.4 Å². The number of hydrogen-bond donors (Lipinski definition) is 0. The van der Waals surface area contributed by atoms with Crippen LogP contribution in [-0.4, -0.2) is 73.6 Å². The van der Waals surface area contributed by atoms with Crippen molar-refractivity contribution < 1.29 is 52.4 Å². The Morgan fingerprint density at radius 3 is 2.36 bits per heavy atom. The van der Waals surface area contributed by atoms with Crippen LogP contribution < -0.4 is 0 Å². The summed E-state index contributed by atoms with van der Waals surface area (Å²) in [7, 11) is 0. The molecule has 11 nitrogen and oxygen atoms in total. The summed E-state index contributed by atoms with van der Waals surface area (Å²) in [5.74, 6) is -3.43. The van der Waals surface area contributed by atoms with E-state index >= 15 is 0 Å². The van der Waals surface area contributed by atoms with Gasteiger partial charge in [0.2, 0.25) is 0 Å². The van der Waals surface area contributed by atoms with E-state index < -0.39 is 64.5 Å². The van der Waals surface area contributed by atoms with E-state index in [1.807, 2.05) is 20.8 Å². The first-order valence-electron chi connectivity index (χ1n) is 16.0. The number of rotatable bonds is 11. The van der Waals surface area contributed by atoms with Gasteiger partial charge in [-0.15, -0.1) is 0 Å². The number of allylic oxidation sites excluding steroid dienone is 1. The zero-order valence-electron chi connectivity index (χ0n) is 27.8. The Kier molecular flexibility index (Phi) is 10.2. The standard InChI is InChI=1S/C34H48O11/c1-9-19(3)30(38)44-25-11-12-33(17-42-33)34(18-41-22(6)35)27(43-23(7)36)13-21(5)32(8,29(25)34)15-26(24-14-28(37)40-16-24)45-31(39)20(4)10-2/h10,14,19,21,25-27,29H,9,11-13,15-18H2,1-8H3/b20-10+/t19?,21-,25?,26?,27+,29-,32+,33+,34-/m1/s1. The van der Waals surface area contributed by atoms with Gasteiger partial charge in [0.25, 0.3) is 0 Å². The van der Waals surface area contributed by atoms with E-state index in [1.165, 1.54) is 19.9 Å². The lowest BCUT2D eigenvalue weighted by molar-refractivity contribution is -0.260. The predicted molar refractivity (Wildman–Crippen MR) is 160 cm³/mol. The van der Waals surface area contributed by atoms with Gasteiger partial charge in [0.1, 0.15) is 37.1 Å². The maximum atomic E-state index is 13.4. The molecular weight excluding hydrogens is 584 g/mol. The highest BCUT2D eigenvalue weighted by molar-refractivity contribution is 5.88. The van der Waals surface area contributed by atoms with Crippen molar-refractivity contribution in [3.63, 3.8) is 0 Å². The van der Waals surface area contributed by atoms with Gasteiger partial charge in [0.15, 0.2) is 0 Å². The summed E-state index contributed by atoms with van der Waals surface area (Å²) in [6.45, 7) is 14.1. The fraction of sp³-hybridized carbons (Fsp3) is 0.735. The van der Waals surface area contributed by atoms with E-state index in [9.17, 15) is 24.0 Å². The molecule has 2 aliphatic heterocycles. The number of cyclic esters (lactones) is 1. The molecule has 9 atom stereocenters. The SMILES string of the molecule is C/C=C(\C)C(=O)OC(C[C@@]1(C)[C@H](C)C[C@H](OC(C)=O)[C@]2(COC(C)=O)[C@@H]1C(OC(=O)C(C)CC)CC[C@]21CO1)C1=CC(=O)OC1. The van der Waals surface area contributed by atoms with Gasteiger partial charge in [0.05, 0.1) is 17.9 Å². The molecule has 3 unspecified atom stereocenters. The van der Waals surface area contributed by atoms with Crippen molar-refractivity contribution in [1.29, 1.82) is 0 Å². The summed E-state index contributed by atoms with van der Waals surface area (Å²) in [6, 6.07) is 0. The molecule has 45 heavy (non-hydrogen) atoms. The summed E-state index contributed by atoms with van der Waals surface area (Å²) in [5.41, 5.74) is -1.69. The summed E-state index contributed by atoms with van der Waals surface area (Å²) in [6.07, 6.45) is 3.04. The van der Waals surface area contributed by atoms with Crippen LogP contribution in [0.3, 0.4) is 0 Å². The number of epoxide rings is 1. The number of carbonyl (C=O) groups excluding carboxylic acids is 5. The lowest BCUT2D eigenvalue weighted by Gasteiger charge is -2.64. The lowest BCUT2D eigenvalue weighted by atomic mass is 9.42. The third-order valence-electron chi connectivity index (χ3n) is 10.9. The van der Waals surface area contributed by atoms with Crippen molar-refractivity contribution in [2.24, 2.45) is 28.6 Å². The Bertz CT molecular complexity index is 1260. The van der Waals surface area contributed by atoms with Crippen molar-refractivity contribution >= 4 is 29.8 Å². The highest BCUT2D eigenvalue weighted by Crippen LogP contribution is 2.70. The molecule has 0 aromatic rings. The minimum Gasteiger partial charge on any atom is -0.465 e. The number of fused-ring (bicyclic) bond motifs is 2. The van der Waals surface area contributed by atoms with Gasteiger partial charge < -0.3 is 28.4 Å². The summed E-state index contributed by atoms with van der Waals surface area (Å²) in [5, 5.41) is 0. The molecule has 0 aromatic heterocycles. The normalized spacial score (nSPS) is 35.3. The molecule has 2 saturated carbocycles. The van der Waals surface area contributed by atoms with E-state index in [2.05, 4.69) is 6.92 Å². The Hall–Kier alpha value is -3.21. The molecule has 0 bridgehead atoms. The Balaban J connectivity index is 1.90. The van der Waals surface area contributed by atoms with Crippen LogP contribution in [0.25, 0.3) is 0 Å². The van der Waals surface area contributed by atoms with Crippen LogP contribution in [0, 0.1) is 28.6 Å². The van der Waals surface area contributed by atoms with Crippen molar-refractivity contribution in [3.05, 3.63) is 23.3 Å². The average molecular weight is 633 g/mol. The first-order valence-corrected chi connectivity index (χ1v) is 16.0. The molecule has 2 aliphatic carbocycles. The minimum atomic E-state index is -1.07. The minimum absolute atomic E-state index is 0.0189. The van der Waals surface area contributed by atoms with E-state index in [4.69, 9.17) is 28.4 Å². The third kappa shape index (κ3) is 6.55. The lowest BCUT2D eigenvalue weighted by Crippen LogP contribution is -2.71. The van der Waals surface area contributed by atoms with Gasteiger partial charge in [0, 0.05) is 37.0 Å². The molecule has 0 amide bonds. The van der Waals surface area contributed by atoms with E-state index in [1.54, 1.807) is 19.9 Å².